The third kappa shape index (κ3) is 6.13. The lowest BCUT2D eigenvalue weighted by Crippen LogP contribution is -2.28. The van der Waals surface area contributed by atoms with Crippen LogP contribution in [0, 0.1) is 0 Å². The molecule has 0 aromatic carbocycles. The first-order chi connectivity index (χ1) is 6.02. The zero-order chi connectivity index (χ0) is 10.3. The summed E-state index contributed by atoms with van der Waals surface area (Å²) in [6.45, 7) is 6.89. The molecule has 0 aliphatic rings. The number of esters is 1. The highest BCUT2D eigenvalue weighted by atomic mass is 16.6. The fourth-order valence-electron chi connectivity index (χ4n) is 0.763. The fraction of sp³-hybridized carbons (Fsp3) is 0.778. The summed E-state index contributed by atoms with van der Waals surface area (Å²) in [4.78, 5) is 21.0. The molecule has 0 saturated carbocycles. The third-order valence-corrected chi connectivity index (χ3v) is 1.36. The predicted octanol–water partition coefficient (Wildman–Crippen LogP) is 1.19. The summed E-state index contributed by atoms with van der Waals surface area (Å²) in [6.07, 6.45) is 0.842. The van der Waals surface area contributed by atoms with Crippen molar-refractivity contribution in [3.63, 3.8) is 0 Å². The molecule has 0 aliphatic carbocycles. The lowest BCUT2D eigenvalue weighted by atomic mass is 10.1. The van der Waals surface area contributed by atoms with Gasteiger partial charge in [-0.25, -0.2) is 4.79 Å². The lowest BCUT2D eigenvalue weighted by Gasteiger charge is -2.20. The molecule has 0 fully saturated rings. The molecule has 1 radical (unpaired) electrons. The summed E-state index contributed by atoms with van der Waals surface area (Å²) < 4.78 is 9.40. The molecule has 13 heavy (non-hydrogen) atoms. The number of rotatable bonds is 6. The first-order valence-electron chi connectivity index (χ1n) is 4.22. The molecule has 0 rings (SSSR count). The molecule has 0 unspecified atom stereocenters. The zero-order valence-corrected chi connectivity index (χ0v) is 8.25. The van der Waals surface area contributed by atoms with Gasteiger partial charge >= 0.3 is 12.4 Å². The summed E-state index contributed by atoms with van der Waals surface area (Å²) in [5.74, 6) is -0.359. The van der Waals surface area contributed by atoms with Crippen molar-refractivity contribution in [1.82, 2.24) is 0 Å². The third-order valence-electron chi connectivity index (χ3n) is 1.36. The Hall–Kier alpha value is -1.06. The summed E-state index contributed by atoms with van der Waals surface area (Å²) in [7, 11) is 0. The van der Waals surface area contributed by atoms with Crippen LogP contribution in [0.2, 0.25) is 0 Å². The highest BCUT2D eigenvalue weighted by Gasteiger charge is 2.24. The van der Waals surface area contributed by atoms with E-state index < -0.39 is 5.60 Å². The van der Waals surface area contributed by atoms with E-state index in [0.29, 0.717) is 6.61 Å². The van der Waals surface area contributed by atoms with Crippen LogP contribution in [0.25, 0.3) is 0 Å². The van der Waals surface area contributed by atoms with Crippen molar-refractivity contribution in [3.05, 3.63) is 0 Å². The Balaban J connectivity index is 3.81. The molecule has 0 bridgehead atoms. The molecule has 0 N–H and O–H groups in total. The largest absolute Gasteiger partial charge is 0.466 e. The lowest BCUT2D eigenvalue weighted by molar-refractivity contribution is -0.147. The molecule has 0 aliphatic heterocycles. The molecular formula is C9H15O4. The van der Waals surface area contributed by atoms with Gasteiger partial charge in [0.2, 0.25) is 0 Å². The summed E-state index contributed by atoms with van der Waals surface area (Å²) in [6, 6.07) is 0. The van der Waals surface area contributed by atoms with Gasteiger partial charge in [-0.05, 0) is 20.3 Å². The van der Waals surface area contributed by atoms with Gasteiger partial charge in [0.05, 0.1) is 13.0 Å². The highest BCUT2D eigenvalue weighted by Crippen LogP contribution is 2.13. The minimum Gasteiger partial charge on any atom is -0.466 e. The first kappa shape index (κ1) is 11.9. The van der Waals surface area contributed by atoms with E-state index in [9.17, 15) is 9.59 Å². The molecule has 0 atom stereocenters. The molecule has 75 valence electrons. The normalized spacial score (nSPS) is 10.7. The van der Waals surface area contributed by atoms with Gasteiger partial charge in [-0.3, -0.25) is 4.79 Å². The second kappa shape index (κ2) is 5.56. The second-order valence-corrected chi connectivity index (χ2v) is 3.34. The molecule has 0 saturated heterocycles. The number of hydrogen-bond acceptors (Lipinski definition) is 4. The molecule has 0 aromatic rings. The van der Waals surface area contributed by atoms with E-state index in [1.54, 1.807) is 13.8 Å². The number of carbonyl (C=O) groups is 1. The van der Waals surface area contributed by atoms with Crippen LogP contribution in [-0.4, -0.2) is 24.6 Å². The van der Waals surface area contributed by atoms with E-state index in [1.807, 2.05) is 6.92 Å². The van der Waals surface area contributed by atoms with Crippen LogP contribution in [-0.2, 0) is 19.1 Å². The monoisotopic (exact) mass is 187 g/mol. The van der Waals surface area contributed by atoms with E-state index in [0.717, 1.165) is 6.42 Å². The standard InChI is InChI=1S/C9H15O4/c1-4-5-12-8(11)6-9(2,3)13-7-10/h4-6H2,1-3H3. The van der Waals surface area contributed by atoms with Crippen molar-refractivity contribution in [1.29, 1.82) is 0 Å². The van der Waals surface area contributed by atoms with Gasteiger partial charge in [-0.2, -0.15) is 0 Å². The number of carbonyl (C=O) groups excluding carboxylic acids is 2. The van der Waals surface area contributed by atoms with Gasteiger partial charge in [-0.15, -0.1) is 0 Å². The maximum atomic E-state index is 11.1. The molecule has 0 aromatic heterocycles. The van der Waals surface area contributed by atoms with E-state index in [1.165, 1.54) is 6.47 Å². The maximum Gasteiger partial charge on any atom is 0.418 e. The van der Waals surface area contributed by atoms with E-state index in [-0.39, 0.29) is 12.4 Å². The van der Waals surface area contributed by atoms with Crippen LogP contribution in [0.5, 0.6) is 0 Å². The second-order valence-electron chi connectivity index (χ2n) is 3.34. The summed E-state index contributed by atoms with van der Waals surface area (Å²) in [5.41, 5.74) is -0.827. The molecule has 0 spiro atoms. The van der Waals surface area contributed by atoms with E-state index >= 15 is 0 Å². The Morgan fingerprint density at radius 2 is 2.08 bits per heavy atom. The smallest absolute Gasteiger partial charge is 0.418 e. The Morgan fingerprint density at radius 3 is 2.54 bits per heavy atom. The van der Waals surface area contributed by atoms with Gasteiger partial charge in [0, 0.05) is 0 Å². The predicted molar refractivity (Wildman–Crippen MR) is 46.7 cm³/mol. The van der Waals surface area contributed by atoms with Crippen LogP contribution in [0.4, 0.5) is 0 Å². The molecule has 0 amide bonds. The van der Waals surface area contributed by atoms with Crippen LogP contribution >= 0.6 is 0 Å². The Morgan fingerprint density at radius 1 is 1.46 bits per heavy atom. The van der Waals surface area contributed by atoms with Crippen molar-refractivity contribution in [2.24, 2.45) is 0 Å². The van der Waals surface area contributed by atoms with Crippen molar-refractivity contribution >= 4 is 12.4 Å². The zero-order valence-electron chi connectivity index (χ0n) is 8.25. The van der Waals surface area contributed by atoms with Crippen LogP contribution in [0.15, 0.2) is 0 Å². The van der Waals surface area contributed by atoms with Gasteiger partial charge < -0.3 is 9.47 Å². The van der Waals surface area contributed by atoms with Crippen LogP contribution in [0.1, 0.15) is 33.6 Å². The number of hydrogen-bond donors (Lipinski definition) is 0. The van der Waals surface area contributed by atoms with Gasteiger partial charge in [0.15, 0.2) is 0 Å². The average Bonchev–Trinajstić information content (AvgIpc) is 1.99. The quantitative estimate of drug-likeness (QED) is 0.586. The van der Waals surface area contributed by atoms with Crippen LogP contribution in [0.3, 0.4) is 0 Å². The van der Waals surface area contributed by atoms with Crippen molar-refractivity contribution in [2.75, 3.05) is 6.61 Å². The van der Waals surface area contributed by atoms with Crippen molar-refractivity contribution in [3.8, 4) is 0 Å². The maximum absolute atomic E-state index is 11.1. The summed E-state index contributed by atoms with van der Waals surface area (Å²) in [5, 5.41) is 0. The van der Waals surface area contributed by atoms with Crippen molar-refractivity contribution < 1.29 is 19.1 Å². The fourth-order valence-corrected chi connectivity index (χ4v) is 0.763. The van der Waals surface area contributed by atoms with E-state index in [4.69, 9.17) is 4.74 Å². The minimum absolute atomic E-state index is 0.0578. The summed E-state index contributed by atoms with van der Waals surface area (Å²) >= 11 is 0. The molecule has 4 heteroatoms. The van der Waals surface area contributed by atoms with Crippen molar-refractivity contribution in [2.45, 2.75) is 39.2 Å². The molecular weight excluding hydrogens is 172 g/mol. The Bertz CT molecular complexity index is 174. The minimum atomic E-state index is -0.827. The average molecular weight is 187 g/mol. The topological polar surface area (TPSA) is 52.6 Å². The SMILES string of the molecule is CCCOC(=O)CC(C)(C)O[C]=O. The highest BCUT2D eigenvalue weighted by molar-refractivity contribution is 5.70. The van der Waals surface area contributed by atoms with Crippen LogP contribution < -0.4 is 0 Å². The molecule has 4 nitrogen and oxygen atoms in total. The Kier molecular flexibility index (Phi) is 5.11. The first-order valence-corrected chi connectivity index (χ1v) is 4.22. The number of ether oxygens (including phenoxy) is 2. The molecule has 0 heterocycles. The van der Waals surface area contributed by atoms with Gasteiger partial charge in [-0.1, -0.05) is 6.92 Å². The van der Waals surface area contributed by atoms with Gasteiger partial charge in [0.1, 0.15) is 5.60 Å². The Labute approximate surface area is 78.2 Å². The van der Waals surface area contributed by atoms with E-state index in [2.05, 4.69) is 4.74 Å². The van der Waals surface area contributed by atoms with Gasteiger partial charge in [0.25, 0.3) is 0 Å².